The molecule has 1 N–H and O–H groups in total. The number of rotatable bonds is 8. The van der Waals surface area contributed by atoms with Gasteiger partial charge in [-0.1, -0.05) is 5.16 Å². The van der Waals surface area contributed by atoms with Gasteiger partial charge >= 0.3 is 0 Å². The van der Waals surface area contributed by atoms with Crippen molar-refractivity contribution >= 4 is 15.9 Å². The van der Waals surface area contributed by atoms with Crippen LogP contribution in [-0.2, 0) is 21.2 Å². The maximum absolute atomic E-state index is 13.1. The predicted octanol–water partition coefficient (Wildman–Crippen LogP) is 2.79. The summed E-state index contributed by atoms with van der Waals surface area (Å²) in [4.78, 5) is 18.7. The Hall–Kier alpha value is -3.31. The van der Waals surface area contributed by atoms with Crippen molar-refractivity contribution in [2.45, 2.75) is 36.6 Å². The number of hydrogen-bond acceptors (Lipinski definition) is 7. The first kappa shape index (κ1) is 23.8. The summed E-state index contributed by atoms with van der Waals surface area (Å²) in [5.41, 5.74) is 0.785. The average Bonchev–Trinajstić information content (AvgIpc) is 3.32. The van der Waals surface area contributed by atoms with Gasteiger partial charge in [0.2, 0.25) is 27.6 Å². The molecule has 0 saturated carbocycles. The number of piperidine rings is 1. The van der Waals surface area contributed by atoms with Crippen LogP contribution in [0.1, 0.15) is 25.2 Å². The van der Waals surface area contributed by atoms with Crippen LogP contribution in [0.2, 0.25) is 0 Å². The standard InChI is InChI=1S/C23H25FN4O5S/c1-32-19-6-2-16(3-7-19)23-25-21(33-26-23)10-11-22(29)28-14-12-18(13-15-28)27-34(30,31)20-8-4-17(24)5-9-20/h2-9,18,27H,10-15H2,1H3. The van der Waals surface area contributed by atoms with E-state index in [-0.39, 0.29) is 23.3 Å². The van der Waals surface area contributed by atoms with Crippen molar-refractivity contribution in [2.24, 2.45) is 0 Å². The fourth-order valence-corrected chi connectivity index (χ4v) is 5.04. The maximum atomic E-state index is 13.1. The molecule has 4 rings (SSSR count). The predicted molar refractivity (Wildman–Crippen MR) is 121 cm³/mol. The molecule has 0 spiro atoms. The number of ether oxygens (including phenoxy) is 1. The molecule has 1 amide bonds. The molecule has 1 fully saturated rings. The Kier molecular flexibility index (Phi) is 7.23. The maximum Gasteiger partial charge on any atom is 0.240 e. The molecule has 11 heteroatoms. The summed E-state index contributed by atoms with van der Waals surface area (Å²) in [5, 5.41) is 3.97. The molecular weight excluding hydrogens is 463 g/mol. The second kappa shape index (κ2) is 10.3. The molecule has 0 aliphatic carbocycles. The van der Waals surface area contributed by atoms with Crippen LogP contribution in [-0.4, -0.2) is 55.6 Å². The number of aryl methyl sites for hydroxylation is 1. The Labute approximate surface area is 197 Å². The third kappa shape index (κ3) is 5.78. The highest BCUT2D eigenvalue weighted by atomic mass is 32.2. The molecule has 2 aromatic carbocycles. The van der Waals surface area contributed by atoms with Gasteiger partial charge in [-0.25, -0.2) is 17.5 Å². The lowest BCUT2D eigenvalue weighted by Crippen LogP contribution is -2.46. The number of amides is 1. The molecule has 0 unspecified atom stereocenters. The van der Waals surface area contributed by atoms with Gasteiger partial charge in [0.1, 0.15) is 11.6 Å². The van der Waals surface area contributed by atoms with Gasteiger partial charge in [-0.2, -0.15) is 4.98 Å². The summed E-state index contributed by atoms with van der Waals surface area (Å²) in [6.45, 7) is 0.882. The van der Waals surface area contributed by atoms with Crippen LogP contribution in [0.4, 0.5) is 4.39 Å². The smallest absolute Gasteiger partial charge is 0.240 e. The average molecular weight is 489 g/mol. The molecule has 2 heterocycles. The number of methoxy groups -OCH3 is 1. The molecule has 0 radical (unpaired) electrons. The van der Waals surface area contributed by atoms with Crippen LogP contribution in [0, 0.1) is 5.82 Å². The van der Waals surface area contributed by atoms with Gasteiger partial charge in [0, 0.05) is 37.5 Å². The molecule has 0 bridgehead atoms. The molecule has 34 heavy (non-hydrogen) atoms. The van der Waals surface area contributed by atoms with Crippen LogP contribution in [0.25, 0.3) is 11.4 Å². The first-order valence-corrected chi connectivity index (χ1v) is 12.3. The quantitative estimate of drug-likeness (QED) is 0.519. The highest BCUT2D eigenvalue weighted by Gasteiger charge is 2.27. The SMILES string of the molecule is COc1ccc(-c2noc(CCC(=O)N3CCC(NS(=O)(=O)c4ccc(F)cc4)CC3)n2)cc1. The molecule has 1 aliphatic heterocycles. The van der Waals surface area contributed by atoms with E-state index >= 15 is 0 Å². The fourth-order valence-electron chi connectivity index (χ4n) is 3.73. The van der Waals surface area contributed by atoms with E-state index in [0.29, 0.717) is 44.1 Å². The minimum Gasteiger partial charge on any atom is -0.497 e. The summed E-state index contributed by atoms with van der Waals surface area (Å²) in [7, 11) is -2.15. The van der Waals surface area contributed by atoms with E-state index in [1.54, 1.807) is 24.1 Å². The monoisotopic (exact) mass is 488 g/mol. The van der Waals surface area contributed by atoms with Gasteiger partial charge in [0.05, 0.1) is 12.0 Å². The number of halogens is 1. The lowest BCUT2D eigenvalue weighted by atomic mass is 10.1. The minimum atomic E-state index is -3.74. The third-order valence-electron chi connectivity index (χ3n) is 5.66. The summed E-state index contributed by atoms with van der Waals surface area (Å²) >= 11 is 0. The van der Waals surface area contributed by atoms with Crippen molar-refractivity contribution in [3.8, 4) is 17.1 Å². The van der Waals surface area contributed by atoms with Crippen LogP contribution >= 0.6 is 0 Å². The number of benzene rings is 2. The van der Waals surface area contributed by atoms with E-state index in [0.717, 1.165) is 23.4 Å². The van der Waals surface area contributed by atoms with Gasteiger partial charge in [-0.15, -0.1) is 0 Å². The van der Waals surface area contributed by atoms with Crippen molar-refractivity contribution in [3.05, 3.63) is 60.2 Å². The van der Waals surface area contributed by atoms with E-state index in [1.165, 1.54) is 12.1 Å². The van der Waals surface area contributed by atoms with E-state index in [1.807, 2.05) is 12.1 Å². The van der Waals surface area contributed by atoms with Crippen LogP contribution < -0.4 is 9.46 Å². The Bertz CT molecular complexity index is 1220. The zero-order valence-corrected chi connectivity index (χ0v) is 19.4. The number of likely N-dealkylation sites (tertiary alicyclic amines) is 1. The Morgan fingerprint density at radius 1 is 1.15 bits per heavy atom. The number of nitrogens with one attached hydrogen (secondary N) is 1. The number of nitrogens with zero attached hydrogens (tertiary/aromatic N) is 3. The zero-order chi connectivity index (χ0) is 24.1. The lowest BCUT2D eigenvalue weighted by Gasteiger charge is -2.32. The van der Waals surface area contributed by atoms with Gasteiger partial charge < -0.3 is 14.2 Å². The van der Waals surface area contributed by atoms with Crippen molar-refractivity contribution in [1.29, 1.82) is 0 Å². The highest BCUT2D eigenvalue weighted by Crippen LogP contribution is 2.21. The molecule has 1 aliphatic rings. The van der Waals surface area contributed by atoms with E-state index in [4.69, 9.17) is 9.26 Å². The van der Waals surface area contributed by atoms with Crippen molar-refractivity contribution in [1.82, 2.24) is 19.8 Å². The van der Waals surface area contributed by atoms with Crippen LogP contribution in [0.3, 0.4) is 0 Å². The van der Waals surface area contributed by atoms with Crippen molar-refractivity contribution in [3.63, 3.8) is 0 Å². The molecule has 9 nitrogen and oxygen atoms in total. The molecular formula is C23H25FN4O5S. The van der Waals surface area contributed by atoms with E-state index < -0.39 is 15.8 Å². The Morgan fingerprint density at radius 2 is 1.82 bits per heavy atom. The number of hydrogen-bond donors (Lipinski definition) is 1. The molecule has 3 aromatic rings. The molecule has 1 saturated heterocycles. The topological polar surface area (TPSA) is 115 Å². The largest absolute Gasteiger partial charge is 0.497 e. The second-order valence-corrected chi connectivity index (χ2v) is 9.68. The summed E-state index contributed by atoms with van der Waals surface area (Å²) in [5.74, 6) is 0.998. The molecule has 0 atom stereocenters. The first-order valence-electron chi connectivity index (χ1n) is 10.9. The summed E-state index contributed by atoms with van der Waals surface area (Å²) in [6, 6.07) is 11.7. The third-order valence-corrected chi connectivity index (χ3v) is 7.20. The number of carbonyl (C=O) groups excluding carboxylic acids is 1. The van der Waals surface area contributed by atoms with Crippen LogP contribution in [0.5, 0.6) is 5.75 Å². The highest BCUT2D eigenvalue weighted by molar-refractivity contribution is 7.89. The molecule has 180 valence electrons. The van der Waals surface area contributed by atoms with Crippen LogP contribution in [0.15, 0.2) is 57.9 Å². The zero-order valence-electron chi connectivity index (χ0n) is 18.6. The Morgan fingerprint density at radius 3 is 2.47 bits per heavy atom. The van der Waals surface area contributed by atoms with Gasteiger partial charge in [-0.05, 0) is 61.4 Å². The summed E-state index contributed by atoms with van der Waals surface area (Å²) < 4.78 is 51.1. The second-order valence-electron chi connectivity index (χ2n) is 7.97. The minimum absolute atomic E-state index is 0.0148. The van der Waals surface area contributed by atoms with E-state index in [9.17, 15) is 17.6 Å². The number of aromatic nitrogens is 2. The normalized spacial score (nSPS) is 14.8. The lowest BCUT2D eigenvalue weighted by molar-refractivity contribution is -0.132. The summed E-state index contributed by atoms with van der Waals surface area (Å²) in [6.07, 6.45) is 1.53. The van der Waals surface area contributed by atoms with Gasteiger partial charge in [0.25, 0.3) is 0 Å². The first-order chi connectivity index (χ1) is 16.3. The fraction of sp³-hybridized carbons (Fsp3) is 0.348. The Balaban J connectivity index is 1.25. The number of carbonyl (C=O) groups is 1. The van der Waals surface area contributed by atoms with E-state index in [2.05, 4.69) is 14.9 Å². The van der Waals surface area contributed by atoms with Crippen molar-refractivity contribution in [2.75, 3.05) is 20.2 Å². The van der Waals surface area contributed by atoms with Gasteiger partial charge in [0.15, 0.2) is 0 Å². The number of sulfonamides is 1. The molecule has 1 aromatic heterocycles. The van der Waals surface area contributed by atoms with Crippen molar-refractivity contribution < 1.29 is 26.9 Å². The van der Waals surface area contributed by atoms with Gasteiger partial charge in [-0.3, -0.25) is 4.79 Å².